The minimum Gasteiger partial charge on any atom is -0.465 e. The van der Waals surface area contributed by atoms with Gasteiger partial charge < -0.3 is 15.1 Å². The van der Waals surface area contributed by atoms with Gasteiger partial charge in [0.05, 0.1) is 5.69 Å². The molecule has 1 aromatic carbocycles. The van der Waals surface area contributed by atoms with Crippen LogP contribution in [0.5, 0.6) is 0 Å². The molecule has 3 N–H and O–H groups in total. The van der Waals surface area contributed by atoms with Crippen LogP contribution in [0, 0.1) is 0 Å². The number of hydrogen-bond acceptors (Lipinski definition) is 8. The van der Waals surface area contributed by atoms with E-state index in [1.807, 2.05) is 30.3 Å². The highest BCUT2D eigenvalue weighted by Crippen LogP contribution is 2.10. The number of aromatic nitrogens is 5. The van der Waals surface area contributed by atoms with Crippen molar-refractivity contribution in [2.45, 2.75) is 26.4 Å². The Morgan fingerprint density at radius 3 is 2.55 bits per heavy atom. The Bertz CT molecular complexity index is 974. The molecule has 0 unspecified atom stereocenters. The molecule has 0 aliphatic rings. The van der Waals surface area contributed by atoms with E-state index in [1.54, 1.807) is 25.2 Å². The molecule has 2 heterocycles. The van der Waals surface area contributed by atoms with Crippen molar-refractivity contribution in [3.05, 3.63) is 65.6 Å². The zero-order valence-electron chi connectivity index (χ0n) is 17.3. The number of tetrazole rings is 1. The van der Waals surface area contributed by atoms with E-state index in [4.69, 9.17) is 15.1 Å². The maximum Gasteiger partial charge on any atom is 0.410 e. The molecule has 3 rings (SSSR count). The van der Waals surface area contributed by atoms with Crippen LogP contribution < -0.4 is 5.32 Å². The molecule has 31 heavy (non-hydrogen) atoms. The molecule has 0 saturated carbocycles. The topological polar surface area (TPSA) is 148 Å². The molecule has 0 aliphatic carbocycles. The molecule has 0 radical (unpaired) electrons. The second-order valence-electron chi connectivity index (χ2n) is 6.23. The third-order valence-corrected chi connectivity index (χ3v) is 3.80. The SMILES string of the molecule is CCCCO.Cn1nnnc1/C(=N\OCc1cccc(NC(=O)O)n1)c1ccccc1. The molecule has 0 saturated heterocycles. The summed E-state index contributed by atoms with van der Waals surface area (Å²) < 4.78 is 1.49. The first-order valence-electron chi connectivity index (χ1n) is 9.60. The lowest BCUT2D eigenvalue weighted by Gasteiger charge is -2.06. The van der Waals surface area contributed by atoms with Crippen LogP contribution in [0.3, 0.4) is 0 Å². The molecule has 0 aliphatic heterocycles. The Hall–Kier alpha value is -3.86. The van der Waals surface area contributed by atoms with E-state index in [-0.39, 0.29) is 12.4 Å². The van der Waals surface area contributed by atoms with Crippen LogP contribution in [0.4, 0.5) is 10.6 Å². The van der Waals surface area contributed by atoms with Gasteiger partial charge in [-0.3, -0.25) is 5.32 Å². The Labute approximate surface area is 179 Å². The summed E-state index contributed by atoms with van der Waals surface area (Å²) in [5.74, 6) is 0.661. The van der Waals surface area contributed by atoms with E-state index in [1.165, 1.54) is 4.68 Å². The minimum atomic E-state index is -1.19. The number of amides is 1. The first-order chi connectivity index (χ1) is 15.0. The van der Waals surface area contributed by atoms with E-state index in [2.05, 4.69) is 37.9 Å². The Morgan fingerprint density at radius 1 is 1.19 bits per heavy atom. The molecule has 164 valence electrons. The first-order valence-corrected chi connectivity index (χ1v) is 9.60. The summed E-state index contributed by atoms with van der Waals surface area (Å²) in [4.78, 5) is 20.2. The summed E-state index contributed by atoms with van der Waals surface area (Å²) in [7, 11) is 1.70. The van der Waals surface area contributed by atoms with Crippen LogP contribution in [0.15, 0.2) is 53.7 Å². The minimum absolute atomic E-state index is 0.0523. The summed E-state index contributed by atoms with van der Waals surface area (Å²) in [6.45, 7) is 2.45. The van der Waals surface area contributed by atoms with Gasteiger partial charge in [-0.1, -0.05) is 54.9 Å². The van der Waals surface area contributed by atoms with Crippen LogP contribution in [-0.2, 0) is 18.5 Å². The molecule has 1 amide bonds. The molecule has 11 nitrogen and oxygen atoms in total. The second-order valence-corrected chi connectivity index (χ2v) is 6.23. The lowest BCUT2D eigenvalue weighted by atomic mass is 10.1. The highest BCUT2D eigenvalue weighted by Gasteiger charge is 2.14. The zero-order chi connectivity index (χ0) is 22.5. The van der Waals surface area contributed by atoms with Crippen LogP contribution >= 0.6 is 0 Å². The molecule has 0 atom stereocenters. The summed E-state index contributed by atoms with van der Waals surface area (Å²) in [6, 6.07) is 14.3. The van der Waals surface area contributed by atoms with Gasteiger partial charge >= 0.3 is 6.09 Å². The number of carboxylic acid groups (broad SMARTS) is 1. The van der Waals surface area contributed by atoms with Gasteiger partial charge in [0.1, 0.15) is 5.82 Å². The molecule has 0 bridgehead atoms. The van der Waals surface area contributed by atoms with Gasteiger partial charge in [0.2, 0.25) is 5.82 Å². The Kier molecular flexibility index (Phi) is 9.56. The van der Waals surface area contributed by atoms with E-state index in [0.717, 1.165) is 18.4 Å². The van der Waals surface area contributed by atoms with Crippen LogP contribution in [-0.4, -0.2) is 53.8 Å². The predicted octanol–water partition coefficient (Wildman–Crippen LogP) is 2.44. The highest BCUT2D eigenvalue weighted by atomic mass is 16.6. The monoisotopic (exact) mass is 427 g/mol. The number of carbonyl (C=O) groups is 1. The largest absolute Gasteiger partial charge is 0.465 e. The molecule has 0 fully saturated rings. The van der Waals surface area contributed by atoms with E-state index < -0.39 is 6.09 Å². The number of rotatable bonds is 8. The van der Waals surface area contributed by atoms with Crippen molar-refractivity contribution in [1.29, 1.82) is 0 Å². The zero-order valence-corrected chi connectivity index (χ0v) is 17.3. The van der Waals surface area contributed by atoms with Gasteiger partial charge in [0.15, 0.2) is 12.3 Å². The summed E-state index contributed by atoms with van der Waals surface area (Å²) in [6.07, 6.45) is 0.853. The summed E-state index contributed by atoms with van der Waals surface area (Å²) in [5, 5.41) is 34.5. The summed E-state index contributed by atoms with van der Waals surface area (Å²) in [5.41, 5.74) is 1.78. The second kappa shape index (κ2) is 12.6. The number of anilines is 1. The van der Waals surface area contributed by atoms with Gasteiger partial charge in [-0.25, -0.2) is 14.5 Å². The highest BCUT2D eigenvalue weighted by molar-refractivity contribution is 6.10. The maximum absolute atomic E-state index is 10.7. The quantitative estimate of drug-likeness (QED) is 0.367. The molecular formula is C20H25N7O4. The fraction of sp³-hybridized carbons (Fsp3) is 0.300. The van der Waals surface area contributed by atoms with E-state index in [0.29, 0.717) is 23.8 Å². The van der Waals surface area contributed by atoms with E-state index >= 15 is 0 Å². The van der Waals surface area contributed by atoms with Gasteiger partial charge in [-0.2, -0.15) is 0 Å². The third kappa shape index (κ3) is 7.82. The Balaban J connectivity index is 0.000000614. The van der Waals surface area contributed by atoms with Gasteiger partial charge in [-0.15, -0.1) is 5.10 Å². The average Bonchev–Trinajstić information content (AvgIpc) is 3.18. The van der Waals surface area contributed by atoms with Gasteiger partial charge in [0.25, 0.3) is 0 Å². The molecule has 3 aromatic rings. The number of nitrogens with one attached hydrogen (secondary N) is 1. The van der Waals surface area contributed by atoms with Crippen molar-refractivity contribution in [1.82, 2.24) is 25.2 Å². The third-order valence-electron chi connectivity index (χ3n) is 3.80. The van der Waals surface area contributed by atoms with Crippen molar-refractivity contribution in [2.75, 3.05) is 11.9 Å². The average molecular weight is 427 g/mol. The number of hydrogen-bond donors (Lipinski definition) is 3. The van der Waals surface area contributed by atoms with E-state index in [9.17, 15) is 4.79 Å². The number of pyridine rings is 1. The number of unbranched alkanes of at least 4 members (excludes halogenated alkanes) is 1. The van der Waals surface area contributed by atoms with Crippen molar-refractivity contribution in [2.24, 2.45) is 12.2 Å². The lowest BCUT2D eigenvalue weighted by molar-refractivity contribution is 0.128. The van der Waals surface area contributed by atoms with Crippen molar-refractivity contribution in [3.63, 3.8) is 0 Å². The predicted molar refractivity (Wildman–Crippen MR) is 114 cm³/mol. The molecule has 11 heteroatoms. The first kappa shape index (κ1) is 23.4. The van der Waals surface area contributed by atoms with Crippen LogP contribution in [0.25, 0.3) is 0 Å². The van der Waals surface area contributed by atoms with Crippen molar-refractivity contribution in [3.8, 4) is 0 Å². The van der Waals surface area contributed by atoms with Crippen LogP contribution in [0.1, 0.15) is 36.8 Å². The standard InChI is InChI=1S/C16H15N7O3.C4H10O/c1-23-15(19-21-22-23)14(11-6-3-2-4-7-11)20-26-10-12-8-5-9-13(17-12)18-16(24)25;1-2-3-4-5/h2-9H,10H2,1H3,(H,17,18)(H,24,25);5H,2-4H2,1H3/b20-14-;. The maximum atomic E-state index is 10.7. The normalized spacial score (nSPS) is 10.7. The lowest BCUT2D eigenvalue weighted by Crippen LogP contribution is -2.12. The number of aliphatic hydroxyl groups is 1. The number of benzene rings is 1. The van der Waals surface area contributed by atoms with Crippen molar-refractivity contribution < 1.29 is 19.8 Å². The Morgan fingerprint density at radius 2 is 1.97 bits per heavy atom. The van der Waals surface area contributed by atoms with Gasteiger partial charge in [-0.05, 0) is 29.0 Å². The molecule has 0 spiro atoms. The number of oxime groups is 1. The number of aliphatic hydroxyl groups excluding tert-OH is 1. The smallest absolute Gasteiger partial charge is 0.410 e. The fourth-order valence-corrected chi connectivity index (χ4v) is 2.31. The van der Waals surface area contributed by atoms with Gasteiger partial charge in [0, 0.05) is 19.2 Å². The molecular weight excluding hydrogens is 402 g/mol. The van der Waals surface area contributed by atoms with Crippen molar-refractivity contribution >= 4 is 17.6 Å². The fourth-order valence-electron chi connectivity index (χ4n) is 2.31. The number of aryl methyl sites for hydroxylation is 1. The summed E-state index contributed by atoms with van der Waals surface area (Å²) >= 11 is 0. The number of nitrogens with zero attached hydrogens (tertiary/aromatic N) is 6. The van der Waals surface area contributed by atoms with Crippen LogP contribution in [0.2, 0.25) is 0 Å². The molecule has 2 aromatic heterocycles.